The number of aryl methyl sites for hydroxylation is 1. The largest absolute Gasteiger partial charge is 0.359 e. The molecule has 0 unspecified atom stereocenters. The van der Waals surface area contributed by atoms with E-state index in [0.29, 0.717) is 6.54 Å². The Labute approximate surface area is 142 Å². The van der Waals surface area contributed by atoms with Crippen molar-refractivity contribution in [1.82, 2.24) is 35.2 Å². The van der Waals surface area contributed by atoms with Crippen LogP contribution in [-0.2, 0) is 6.54 Å². The van der Waals surface area contributed by atoms with Crippen molar-refractivity contribution < 1.29 is 0 Å². The van der Waals surface area contributed by atoms with Crippen LogP contribution in [0.15, 0.2) is 48.9 Å². The molecule has 25 heavy (non-hydrogen) atoms. The number of nitrogens with one attached hydrogen (secondary N) is 2. The Kier molecular flexibility index (Phi) is 2.93. The number of pyridine rings is 1. The molecular weight excluding hydrogens is 314 g/mol. The fourth-order valence-electron chi connectivity index (χ4n) is 3.16. The summed E-state index contributed by atoms with van der Waals surface area (Å²) < 4.78 is 1.83. The first-order valence-corrected chi connectivity index (χ1v) is 8.03. The molecule has 7 heteroatoms. The lowest BCUT2D eigenvalue weighted by Gasteiger charge is -2.01. The van der Waals surface area contributed by atoms with Gasteiger partial charge in [0.2, 0.25) is 0 Å². The quantitative estimate of drug-likeness (QED) is 0.532. The van der Waals surface area contributed by atoms with Gasteiger partial charge < -0.3 is 4.98 Å². The van der Waals surface area contributed by atoms with Gasteiger partial charge in [-0.3, -0.25) is 10.1 Å². The minimum Gasteiger partial charge on any atom is -0.359 e. The molecule has 4 heterocycles. The van der Waals surface area contributed by atoms with Crippen LogP contribution in [0.25, 0.3) is 33.2 Å². The summed E-state index contributed by atoms with van der Waals surface area (Å²) in [6, 6.07) is 10.4. The molecule has 7 nitrogen and oxygen atoms in total. The molecular formula is C18H15N7. The molecule has 5 aromatic rings. The van der Waals surface area contributed by atoms with Crippen LogP contribution in [0, 0.1) is 6.92 Å². The molecule has 0 saturated carbocycles. The van der Waals surface area contributed by atoms with Crippen LogP contribution in [0.2, 0.25) is 0 Å². The minimum absolute atomic E-state index is 0.655. The highest BCUT2D eigenvalue weighted by molar-refractivity contribution is 5.90. The normalized spacial score (nSPS) is 11.6. The third-order valence-corrected chi connectivity index (χ3v) is 4.32. The number of nitrogens with zero attached hydrogens (tertiary/aromatic N) is 5. The molecule has 0 amide bonds. The summed E-state index contributed by atoms with van der Waals surface area (Å²) in [6.45, 7) is 2.72. The molecule has 1 aromatic carbocycles. The monoisotopic (exact) mass is 329 g/mol. The maximum absolute atomic E-state index is 4.43. The third kappa shape index (κ3) is 2.37. The molecule has 2 N–H and O–H groups in total. The number of hydrogen-bond donors (Lipinski definition) is 2. The lowest BCUT2D eigenvalue weighted by molar-refractivity contribution is 0.650. The van der Waals surface area contributed by atoms with E-state index in [-0.39, 0.29) is 0 Å². The van der Waals surface area contributed by atoms with Gasteiger partial charge in [0, 0.05) is 22.8 Å². The fourth-order valence-corrected chi connectivity index (χ4v) is 3.16. The summed E-state index contributed by atoms with van der Waals surface area (Å²) in [4.78, 5) is 7.80. The molecule has 0 spiro atoms. The van der Waals surface area contributed by atoms with Gasteiger partial charge in [0.1, 0.15) is 11.4 Å². The molecule has 0 aliphatic carbocycles. The van der Waals surface area contributed by atoms with Crippen molar-refractivity contribution >= 4 is 21.8 Å². The molecule has 0 aliphatic rings. The number of fused-ring (bicyclic) bond motifs is 2. The molecule has 0 atom stereocenters. The van der Waals surface area contributed by atoms with E-state index in [1.807, 2.05) is 16.9 Å². The SMILES string of the molecule is Cc1cc2ccc(Cn3cc(-c4nccc5[nH]ncc45)nn3)cc2[nH]1. The summed E-state index contributed by atoms with van der Waals surface area (Å²) in [6.07, 6.45) is 5.42. The summed E-state index contributed by atoms with van der Waals surface area (Å²) in [5, 5.41) is 17.7. The van der Waals surface area contributed by atoms with E-state index in [9.17, 15) is 0 Å². The zero-order valence-corrected chi connectivity index (χ0v) is 13.6. The zero-order valence-electron chi connectivity index (χ0n) is 13.6. The summed E-state index contributed by atoms with van der Waals surface area (Å²) in [5.74, 6) is 0. The van der Waals surface area contributed by atoms with Crippen LogP contribution in [0.4, 0.5) is 0 Å². The van der Waals surface area contributed by atoms with Gasteiger partial charge in [0.25, 0.3) is 0 Å². The van der Waals surface area contributed by atoms with Gasteiger partial charge in [0.15, 0.2) is 0 Å². The van der Waals surface area contributed by atoms with Crippen molar-refractivity contribution in [1.29, 1.82) is 0 Å². The average Bonchev–Trinajstić information content (AvgIpc) is 3.32. The molecule has 0 bridgehead atoms. The van der Waals surface area contributed by atoms with Crippen molar-refractivity contribution in [3.63, 3.8) is 0 Å². The van der Waals surface area contributed by atoms with Gasteiger partial charge in [-0.1, -0.05) is 17.3 Å². The maximum Gasteiger partial charge on any atom is 0.132 e. The first-order valence-electron chi connectivity index (χ1n) is 8.03. The first-order chi connectivity index (χ1) is 12.3. The average molecular weight is 329 g/mol. The van der Waals surface area contributed by atoms with Crippen molar-refractivity contribution in [2.45, 2.75) is 13.5 Å². The number of H-pyrrole nitrogens is 2. The number of aromatic nitrogens is 7. The van der Waals surface area contributed by atoms with Gasteiger partial charge in [0.05, 0.1) is 24.5 Å². The topological polar surface area (TPSA) is 88.1 Å². The van der Waals surface area contributed by atoms with Crippen molar-refractivity contribution in [2.75, 3.05) is 0 Å². The Morgan fingerprint density at radius 3 is 3.04 bits per heavy atom. The highest BCUT2D eigenvalue weighted by Gasteiger charge is 2.11. The van der Waals surface area contributed by atoms with E-state index >= 15 is 0 Å². The summed E-state index contributed by atoms with van der Waals surface area (Å²) in [7, 11) is 0. The molecule has 0 fully saturated rings. The summed E-state index contributed by atoms with van der Waals surface area (Å²) in [5.41, 5.74) is 5.93. The Balaban J connectivity index is 1.48. The van der Waals surface area contributed by atoms with Crippen molar-refractivity contribution in [2.24, 2.45) is 0 Å². The smallest absolute Gasteiger partial charge is 0.132 e. The second kappa shape index (κ2) is 5.27. The van der Waals surface area contributed by atoms with Gasteiger partial charge in [-0.05, 0) is 36.1 Å². The predicted molar refractivity (Wildman–Crippen MR) is 95.0 cm³/mol. The Morgan fingerprint density at radius 1 is 1.12 bits per heavy atom. The van der Waals surface area contributed by atoms with E-state index in [0.717, 1.165) is 33.5 Å². The molecule has 0 aliphatic heterocycles. The van der Waals surface area contributed by atoms with Crippen LogP contribution in [0.3, 0.4) is 0 Å². The number of aromatic amines is 2. The maximum atomic E-state index is 4.43. The minimum atomic E-state index is 0.655. The molecule has 5 rings (SSSR count). The van der Waals surface area contributed by atoms with E-state index in [1.165, 1.54) is 10.9 Å². The van der Waals surface area contributed by atoms with E-state index in [4.69, 9.17) is 0 Å². The van der Waals surface area contributed by atoms with Gasteiger partial charge in [-0.25, -0.2) is 4.68 Å². The molecule has 0 saturated heterocycles. The third-order valence-electron chi connectivity index (χ3n) is 4.32. The van der Waals surface area contributed by atoms with Crippen molar-refractivity contribution in [3.8, 4) is 11.4 Å². The molecule has 0 radical (unpaired) electrons. The van der Waals surface area contributed by atoms with E-state index in [2.05, 4.69) is 61.7 Å². The Bertz CT molecular complexity index is 1190. The van der Waals surface area contributed by atoms with E-state index < -0.39 is 0 Å². The van der Waals surface area contributed by atoms with Crippen LogP contribution in [0.1, 0.15) is 11.3 Å². The van der Waals surface area contributed by atoms with Crippen molar-refractivity contribution in [3.05, 3.63) is 60.2 Å². The van der Waals surface area contributed by atoms with Crippen LogP contribution >= 0.6 is 0 Å². The van der Waals surface area contributed by atoms with Gasteiger partial charge in [-0.2, -0.15) is 5.10 Å². The summed E-state index contributed by atoms with van der Waals surface area (Å²) >= 11 is 0. The Morgan fingerprint density at radius 2 is 2.08 bits per heavy atom. The fraction of sp³-hybridized carbons (Fsp3) is 0.111. The second-order valence-electron chi connectivity index (χ2n) is 6.17. The molecule has 122 valence electrons. The van der Waals surface area contributed by atoms with Crippen LogP contribution < -0.4 is 0 Å². The van der Waals surface area contributed by atoms with Crippen LogP contribution in [-0.4, -0.2) is 35.2 Å². The predicted octanol–water partition coefficient (Wildman–Crippen LogP) is 3.05. The number of benzene rings is 1. The first kappa shape index (κ1) is 13.9. The highest BCUT2D eigenvalue weighted by Crippen LogP contribution is 2.23. The molecule has 4 aromatic heterocycles. The number of rotatable bonds is 3. The van der Waals surface area contributed by atoms with E-state index in [1.54, 1.807) is 12.4 Å². The zero-order chi connectivity index (χ0) is 16.8. The van der Waals surface area contributed by atoms with Gasteiger partial charge >= 0.3 is 0 Å². The van der Waals surface area contributed by atoms with Gasteiger partial charge in [-0.15, -0.1) is 5.10 Å². The lowest BCUT2D eigenvalue weighted by atomic mass is 10.1. The van der Waals surface area contributed by atoms with Crippen LogP contribution in [0.5, 0.6) is 0 Å². The number of hydrogen-bond acceptors (Lipinski definition) is 4. The Hall–Kier alpha value is -3.48. The standard InChI is InChI=1S/C18H15N7/c1-11-6-13-3-2-12(7-16(13)21-11)9-25-10-17(23-24-25)18-14-8-20-22-15(14)4-5-19-18/h2-8,10,21H,9H2,1H3,(H,20,22). The highest BCUT2D eigenvalue weighted by atomic mass is 15.4. The second-order valence-corrected chi connectivity index (χ2v) is 6.17. The lowest BCUT2D eigenvalue weighted by Crippen LogP contribution is -2.00.